The average Bonchev–Trinajstić information content (AvgIpc) is 0.802. The summed E-state index contributed by atoms with van der Waals surface area (Å²) in [5.74, 6) is -9.78. The number of esters is 1. The van der Waals surface area contributed by atoms with E-state index in [2.05, 4.69) is 5.32 Å². The van der Waals surface area contributed by atoms with Gasteiger partial charge in [0.1, 0.15) is 177 Å². The summed E-state index contributed by atoms with van der Waals surface area (Å²) in [6.07, 6.45) is -77.2. The summed E-state index contributed by atoms with van der Waals surface area (Å²) >= 11 is 0. The molecule has 1 aromatic rings. The van der Waals surface area contributed by atoms with Crippen LogP contribution >= 0.6 is 0 Å². The summed E-state index contributed by atoms with van der Waals surface area (Å²) in [5.41, 5.74) is -1.46. The standard InChI is InChI=1S/C69H109NO45S2/c1-69(2,3)115-38(78)11-10-28(16-30(77)26-6-8-27(9-7-26)39(79)29(24-116(95,96)14-12-99-4)25-117(97,98)15-13-100-5)61(94)70-17-31-54-40(80)47(87)62(101-31)109-55-32(18-71)103-64(49(89)42(55)82)111-57-34(20-73)105-66(51(91)44(57)84)113-59-36(22-75)107-68(53(93)46(59)86)114-60-37(23-76)106-67(52(92)45(60)85)112-58-35(21-74)104-65(50(90)43(58)83)110-56-33(19-72)102-63(108-54)48(88)41(56)81/h6-9,28-29,31-37,40-60,62-68,71-76,80-93H,10-25H2,1-5H3,(H,70,94)/t28-,31-,32-,33-,34-,35-,36-,37-,40-,41-,42-,43-,44-,45-,46-,47-,48-,49-,50-,51-,52-,53-,54-,55-,56-,57-,58-,59-,60-,62-,63-,64-,65-,66-,67-,68-/m1/s1. The van der Waals surface area contributed by atoms with Crippen molar-refractivity contribution in [2.45, 2.75) is 261 Å². The number of rotatable bonds is 27. The quantitative estimate of drug-likeness (QED) is 0.0287. The fourth-order valence-corrected chi connectivity index (χ4v) is 17.7. The van der Waals surface area contributed by atoms with Gasteiger partial charge in [0.05, 0.1) is 81.8 Å². The molecule has 21 aliphatic heterocycles. The first-order valence-electron chi connectivity index (χ1n) is 37.6. The number of aliphatic hydroxyl groups is 20. The Kier molecular flexibility index (Phi) is 34.8. The summed E-state index contributed by atoms with van der Waals surface area (Å²) in [6.45, 7) is -3.74. The van der Waals surface area contributed by atoms with E-state index in [1.807, 2.05) is 0 Å². The molecule has 117 heavy (non-hydrogen) atoms. The fourth-order valence-electron chi connectivity index (χ4n) is 14.6. The zero-order valence-electron chi connectivity index (χ0n) is 64.0. The molecule has 21 saturated heterocycles. The molecule has 21 fully saturated rings. The van der Waals surface area contributed by atoms with Gasteiger partial charge in [0.25, 0.3) is 0 Å². The Labute approximate surface area is 669 Å². The largest absolute Gasteiger partial charge is 0.460 e. The third-order valence-electron chi connectivity index (χ3n) is 21.0. The number of Topliss-reactive ketones (excluding diaryl/α,β-unsaturated/α-hetero) is 2. The lowest BCUT2D eigenvalue weighted by Gasteiger charge is -2.50. The van der Waals surface area contributed by atoms with Crippen molar-refractivity contribution < 1.29 is 219 Å². The summed E-state index contributed by atoms with van der Waals surface area (Å²) in [6, 6.07) is 4.51. The lowest BCUT2D eigenvalue weighted by atomic mass is 9.91. The van der Waals surface area contributed by atoms with Crippen molar-refractivity contribution >= 4 is 43.1 Å². The molecule has 21 aliphatic rings. The molecule has 36 atom stereocenters. The van der Waals surface area contributed by atoms with Crippen LogP contribution in [0, 0.1) is 11.8 Å². The normalized spacial score (nSPS) is 41.1. The molecule has 22 rings (SSSR count). The van der Waals surface area contributed by atoms with Crippen LogP contribution in [0.1, 0.15) is 60.7 Å². The predicted molar refractivity (Wildman–Crippen MR) is 377 cm³/mol. The minimum atomic E-state index is -4.10. The molecular weight excluding hydrogens is 1630 g/mol. The van der Waals surface area contributed by atoms with Crippen LogP contribution < -0.4 is 5.32 Å². The Balaban J connectivity index is 1.02. The summed E-state index contributed by atoms with van der Waals surface area (Å²) < 4.78 is 149. The molecule has 48 heteroatoms. The van der Waals surface area contributed by atoms with Crippen LogP contribution in [0.15, 0.2) is 24.3 Å². The third-order valence-corrected chi connectivity index (χ3v) is 24.4. The van der Waals surface area contributed by atoms with Gasteiger partial charge in [-0.05, 0) is 27.2 Å². The number of nitrogens with one attached hydrogen (secondary N) is 1. The van der Waals surface area contributed by atoms with E-state index in [1.165, 1.54) is 14.2 Å². The third kappa shape index (κ3) is 23.3. The van der Waals surface area contributed by atoms with Gasteiger partial charge >= 0.3 is 5.97 Å². The van der Waals surface area contributed by atoms with Gasteiger partial charge in [-0.15, -0.1) is 0 Å². The SMILES string of the molecule is COCCS(=O)(=O)CC(CS(=O)(=O)CCOC)C(=O)c1ccc(C(=O)C[C@@H](CCC(=O)OC(C)(C)C)C(=O)NC[C@H]2O[C@@H]3O[C@H]4[C@H](O)[C@@H](O)[C@@H](O[C@H]5[C@H](O)[C@@H](O)[C@@H](O[C@H]6[C@H](O)[C@@H](O)[C@@H](O[C@H]7[C@H](O)[C@@H](O)[C@@H](O[C@H]8[C@H](O)[C@@H](O)[C@@H](O[C@H]9[C@H](O)[C@@H](O)[C@@H](O[C@H]2[C@H](O)[C@H]3O)O[C@@H]9CO)O[C@@H]8CO)O[C@@H]7CO)O[C@@H]6CO)O[C@@H]5CO)O[C@@H]4CO)cc1. The van der Waals surface area contributed by atoms with Gasteiger partial charge in [-0.2, -0.15) is 0 Å². The van der Waals surface area contributed by atoms with Crippen LogP contribution in [0.3, 0.4) is 0 Å². The second kappa shape index (κ2) is 42.1. The highest BCUT2D eigenvalue weighted by molar-refractivity contribution is 7.92. The molecule has 14 bridgehead atoms. The van der Waals surface area contributed by atoms with Gasteiger partial charge in [-0.3, -0.25) is 19.2 Å². The van der Waals surface area contributed by atoms with Crippen molar-refractivity contribution in [1.82, 2.24) is 5.32 Å². The van der Waals surface area contributed by atoms with Crippen molar-refractivity contribution in [2.24, 2.45) is 11.8 Å². The molecule has 46 nitrogen and oxygen atoms in total. The van der Waals surface area contributed by atoms with Gasteiger partial charge in [0, 0.05) is 50.7 Å². The van der Waals surface area contributed by atoms with Crippen LogP contribution in [0.25, 0.3) is 0 Å². The van der Waals surface area contributed by atoms with Crippen LogP contribution in [0.4, 0.5) is 0 Å². The summed E-state index contributed by atoms with van der Waals surface area (Å²) in [4.78, 5) is 56.5. The van der Waals surface area contributed by atoms with Gasteiger partial charge in [-0.1, -0.05) is 24.3 Å². The van der Waals surface area contributed by atoms with Crippen LogP contribution in [-0.4, -0.2) is 460 Å². The lowest BCUT2D eigenvalue weighted by molar-refractivity contribution is -0.396. The topological polar surface area (TPSA) is 710 Å². The number of sulfone groups is 2. The number of methoxy groups -OCH3 is 2. The smallest absolute Gasteiger partial charge is 0.306 e. The zero-order chi connectivity index (χ0) is 86.2. The summed E-state index contributed by atoms with van der Waals surface area (Å²) in [7, 11) is -5.73. The van der Waals surface area contributed by atoms with E-state index in [1.54, 1.807) is 20.8 Å². The lowest BCUT2D eigenvalue weighted by Crippen LogP contribution is -2.68. The first kappa shape index (κ1) is 96.8. The number of ether oxygens (including phenoxy) is 17. The highest BCUT2D eigenvalue weighted by Crippen LogP contribution is 2.40. The minimum Gasteiger partial charge on any atom is -0.460 e. The zero-order valence-corrected chi connectivity index (χ0v) is 65.6. The number of hydrogen-bond acceptors (Lipinski definition) is 45. The fraction of sp³-hybridized carbons (Fsp3) is 0.855. The molecular formula is C69H109NO45S2. The molecule has 1 amide bonds. The molecule has 0 saturated carbocycles. The second-order valence-electron chi connectivity index (χ2n) is 30.5. The van der Waals surface area contributed by atoms with Crippen molar-refractivity contribution in [3.63, 3.8) is 0 Å². The number of amides is 1. The molecule has 21 N–H and O–H groups in total. The van der Waals surface area contributed by atoms with Gasteiger partial charge < -0.3 is 188 Å². The van der Waals surface area contributed by atoms with Crippen LogP contribution in [0.2, 0.25) is 0 Å². The Bertz CT molecular complexity index is 3510. The van der Waals surface area contributed by atoms with E-state index < -0.39 is 364 Å². The molecule has 0 unspecified atom stereocenters. The Morgan fingerprint density at radius 1 is 0.385 bits per heavy atom. The van der Waals surface area contributed by atoms with E-state index in [4.69, 9.17) is 80.5 Å². The van der Waals surface area contributed by atoms with E-state index in [-0.39, 0.29) is 24.3 Å². The second-order valence-corrected chi connectivity index (χ2v) is 35.0. The van der Waals surface area contributed by atoms with Crippen LogP contribution in [0.5, 0.6) is 0 Å². The first-order chi connectivity index (χ1) is 55.2. The molecule has 0 aromatic heterocycles. The first-order valence-corrected chi connectivity index (χ1v) is 41.2. The predicted octanol–water partition coefficient (Wildman–Crippen LogP) is -13.2. The summed E-state index contributed by atoms with van der Waals surface area (Å²) in [5, 5.41) is 230. The maximum Gasteiger partial charge on any atom is 0.306 e. The van der Waals surface area contributed by atoms with Crippen molar-refractivity contribution in [2.75, 3.05) is 96.6 Å². The van der Waals surface area contributed by atoms with Crippen molar-refractivity contribution in [1.29, 1.82) is 0 Å². The monoisotopic (exact) mass is 1740 g/mol. The molecule has 0 spiro atoms. The maximum absolute atomic E-state index is 14.8. The number of ketones is 2. The highest BCUT2D eigenvalue weighted by Gasteiger charge is 2.60. The number of carbonyl (C=O) groups is 4. The van der Waals surface area contributed by atoms with Gasteiger partial charge in [-0.25, -0.2) is 16.8 Å². The Morgan fingerprint density at radius 3 is 0.897 bits per heavy atom. The Morgan fingerprint density at radius 2 is 0.641 bits per heavy atom. The van der Waals surface area contributed by atoms with E-state index in [0.29, 0.717) is 0 Å². The van der Waals surface area contributed by atoms with E-state index in [0.717, 1.165) is 24.3 Å². The maximum atomic E-state index is 14.8. The van der Waals surface area contributed by atoms with Crippen molar-refractivity contribution in [3.8, 4) is 0 Å². The van der Waals surface area contributed by atoms with E-state index in [9.17, 15) is 138 Å². The Hall–Kier alpha value is -4.04. The molecule has 672 valence electrons. The van der Waals surface area contributed by atoms with E-state index >= 15 is 0 Å². The van der Waals surface area contributed by atoms with Crippen molar-refractivity contribution in [3.05, 3.63) is 35.4 Å². The minimum absolute atomic E-state index is 0.172. The highest BCUT2D eigenvalue weighted by atomic mass is 32.2. The molecule has 0 radical (unpaired) electrons. The van der Waals surface area contributed by atoms with Crippen LogP contribution in [-0.2, 0) is 110 Å². The molecule has 0 aliphatic carbocycles. The number of hydrogen-bond donors (Lipinski definition) is 21. The van der Waals surface area contributed by atoms with Gasteiger partial charge in [0.2, 0.25) is 5.91 Å². The molecule has 21 heterocycles. The van der Waals surface area contributed by atoms with Gasteiger partial charge in [0.15, 0.2) is 75.3 Å². The number of carbonyl (C=O) groups excluding carboxylic acids is 4. The number of aliphatic hydroxyl groups excluding tert-OH is 20. The molecule has 1 aromatic carbocycles. The number of benzene rings is 1. The average molecular weight is 1740 g/mol.